The standard InChI is InChI=1S/C39H54F3N9O2.C4H10/c1-8-11-13-16-38(5,15-12-9-2)23-53-37-47-29-21-27(34-32(39(40,41)42)24(4)19-30(44)48-34)33(45)26(10-3)31(29)35(49-37)51-18-14-17-46-25(22-51)20-28(43)36(52)50(6)7;1-4(2)3/h10,19-21,45H,8-9,11-18,22-23,43H2,1-7H3,(H2,44,48);4H,1-3H3/b26-10-,28-20-,45-33?;. The number of unbranched alkanes of at least 4 members (excludes halogenated alkanes) is 3. The van der Waals surface area contributed by atoms with Gasteiger partial charge in [-0.05, 0) is 62.8 Å². The molecule has 2 aliphatic rings. The fourth-order valence-electron chi connectivity index (χ4n) is 6.80. The van der Waals surface area contributed by atoms with Gasteiger partial charge in [0.2, 0.25) is 0 Å². The van der Waals surface area contributed by atoms with E-state index in [0.717, 1.165) is 50.9 Å². The first-order chi connectivity index (χ1) is 26.8. The number of rotatable bonds is 14. The van der Waals surface area contributed by atoms with Crippen LogP contribution in [0.4, 0.5) is 24.8 Å². The lowest BCUT2D eigenvalue weighted by Crippen LogP contribution is -2.33. The number of anilines is 2. The molecule has 0 bridgehead atoms. The number of aryl methyl sites for hydroxylation is 1. The van der Waals surface area contributed by atoms with Crippen LogP contribution in [0.2, 0.25) is 0 Å². The molecular weight excluding hydrogens is 732 g/mol. The van der Waals surface area contributed by atoms with Crippen molar-refractivity contribution in [1.29, 1.82) is 5.41 Å². The highest BCUT2D eigenvalue weighted by atomic mass is 19.4. The number of amides is 1. The third-order valence-corrected chi connectivity index (χ3v) is 9.65. The number of allylic oxidation sites excluding steroid dienone is 3. The Balaban J connectivity index is 0.00000207. The van der Waals surface area contributed by atoms with Gasteiger partial charge in [0, 0.05) is 43.7 Å². The zero-order chi connectivity index (χ0) is 42.7. The molecule has 5 N–H and O–H groups in total. The van der Waals surface area contributed by atoms with Crippen LogP contribution in [0.3, 0.4) is 0 Å². The lowest BCUT2D eigenvalue weighted by atomic mass is 9.81. The van der Waals surface area contributed by atoms with Crippen LogP contribution in [-0.4, -0.2) is 77.5 Å². The lowest BCUT2D eigenvalue weighted by Gasteiger charge is -2.31. The van der Waals surface area contributed by atoms with E-state index >= 15 is 0 Å². The van der Waals surface area contributed by atoms with Crippen LogP contribution >= 0.6 is 0 Å². The third kappa shape index (κ3) is 12.6. The number of hydrogen-bond donors (Lipinski definition) is 3. The number of hydrogen-bond acceptors (Lipinski definition) is 10. The molecule has 1 atom stereocenters. The van der Waals surface area contributed by atoms with Crippen molar-refractivity contribution in [2.45, 2.75) is 113 Å². The number of carbonyl (C=O) groups is 1. The summed E-state index contributed by atoms with van der Waals surface area (Å²) in [4.78, 5) is 34.5. The number of nitrogen functional groups attached to an aromatic ring is 1. The van der Waals surface area contributed by atoms with Crippen LogP contribution < -0.4 is 21.1 Å². The first kappa shape index (κ1) is 46.6. The van der Waals surface area contributed by atoms with E-state index < -0.39 is 17.4 Å². The molecule has 57 heavy (non-hydrogen) atoms. The summed E-state index contributed by atoms with van der Waals surface area (Å²) in [5.74, 6) is 0.826. The van der Waals surface area contributed by atoms with Gasteiger partial charge < -0.3 is 26.0 Å². The summed E-state index contributed by atoms with van der Waals surface area (Å²) in [6.07, 6.45) is 7.86. The van der Waals surface area contributed by atoms with Gasteiger partial charge in [0.1, 0.15) is 11.6 Å². The maximum Gasteiger partial charge on any atom is 0.418 e. The molecule has 2 aromatic rings. The number of nitrogens with two attached hydrogens (primary N) is 2. The molecule has 314 valence electrons. The topological polar surface area (TPSA) is 160 Å². The predicted molar refractivity (Wildman–Crippen MR) is 228 cm³/mol. The Hall–Kier alpha value is -4.75. The first-order valence-electron chi connectivity index (χ1n) is 20.1. The number of aliphatic imine (C=N–C) groups is 1. The van der Waals surface area contributed by atoms with Crippen molar-refractivity contribution >= 4 is 46.2 Å². The molecule has 0 fully saturated rings. The molecule has 1 aliphatic heterocycles. The molecule has 0 saturated heterocycles. The predicted octanol–water partition coefficient (Wildman–Crippen LogP) is 9.16. The Bertz CT molecular complexity index is 1860. The van der Waals surface area contributed by atoms with E-state index in [1.807, 2.05) is 4.90 Å². The third-order valence-electron chi connectivity index (χ3n) is 9.65. The number of pyridine rings is 1. The smallest absolute Gasteiger partial charge is 0.418 e. The SMILES string of the molecule is C/C=C1\C(=N)C(c2nc(N)cc(C)c2C(F)(F)F)=Cc2nc(OCC(C)(CCCC)CCCCC)nc(N3CCCN=C(/C=C(\N)C(=O)N(C)C)C3)c21.CC(C)C. The minimum absolute atomic E-state index is 0.0349. The highest BCUT2D eigenvalue weighted by molar-refractivity contribution is 6.48. The second kappa shape index (κ2) is 20.6. The molecule has 2 aromatic heterocycles. The molecule has 1 unspecified atom stereocenters. The summed E-state index contributed by atoms with van der Waals surface area (Å²) in [7, 11) is 3.23. The van der Waals surface area contributed by atoms with Crippen molar-refractivity contribution in [1.82, 2.24) is 19.9 Å². The quantitative estimate of drug-likeness (QED) is 0.126. The van der Waals surface area contributed by atoms with E-state index in [2.05, 4.69) is 51.5 Å². The second-order valence-electron chi connectivity index (χ2n) is 16.2. The van der Waals surface area contributed by atoms with Crippen molar-refractivity contribution in [2.75, 3.05) is 51.0 Å². The van der Waals surface area contributed by atoms with E-state index in [1.54, 1.807) is 33.2 Å². The van der Waals surface area contributed by atoms with Gasteiger partial charge in [-0.25, -0.2) is 4.98 Å². The minimum Gasteiger partial charge on any atom is -0.463 e. The molecule has 4 rings (SSSR count). The van der Waals surface area contributed by atoms with Gasteiger partial charge in [-0.15, -0.1) is 0 Å². The van der Waals surface area contributed by atoms with Crippen molar-refractivity contribution in [3.05, 3.63) is 52.0 Å². The number of nitrogens with zero attached hydrogens (tertiary/aromatic N) is 6. The first-order valence-corrected chi connectivity index (χ1v) is 20.1. The normalized spacial score (nSPS) is 16.6. The van der Waals surface area contributed by atoms with Gasteiger partial charge in [-0.3, -0.25) is 15.2 Å². The van der Waals surface area contributed by atoms with Crippen LogP contribution in [-0.2, 0) is 11.0 Å². The van der Waals surface area contributed by atoms with Gasteiger partial charge >= 0.3 is 12.2 Å². The van der Waals surface area contributed by atoms with Crippen molar-refractivity contribution in [3.8, 4) is 6.01 Å². The Morgan fingerprint density at radius 3 is 2.33 bits per heavy atom. The molecule has 0 saturated carbocycles. The summed E-state index contributed by atoms with van der Waals surface area (Å²) < 4.78 is 50.1. The summed E-state index contributed by atoms with van der Waals surface area (Å²) in [5.41, 5.74) is 12.0. The molecule has 1 aliphatic carbocycles. The minimum atomic E-state index is -4.76. The number of fused-ring (bicyclic) bond motifs is 1. The van der Waals surface area contributed by atoms with Crippen LogP contribution in [0, 0.1) is 23.7 Å². The number of carbonyl (C=O) groups excluding carboxylic acids is 1. The number of nitrogens with one attached hydrogen (secondary N) is 1. The fourth-order valence-corrected chi connectivity index (χ4v) is 6.80. The number of halogens is 3. The average Bonchev–Trinajstić information content (AvgIpc) is 3.36. The van der Waals surface area contributed by atoms with E-state index in [1.165, 1.54) is 24.0 Å². The zero-order valence-electron chi connectivity index (χ0n) is 35.7. The van der Waals surface area contributed by atoms with Gasteiger partial charge in [0.05, 0.1) is 52.8 Å². The number of alkyl halides is 3. The molecular formula is C43H64F3N9O2. The molecule has 0 spiro atoms. The number of likely N-dealkylation sites (N-methyl/N-ethyl adjacent to an activating group) is 1. The lowest BCUT2D eigenvalue weighted by molar-refractivity contribution is -0.138. The number of aromatic nitrogens is 3. The number of ether oxygens (including phenoxy) is 1. The molecule has 14 heteroatoms. The average molecular weight is 796 g/mol. The van der Waals surface area contributed by atoms with E-state index in [9.17, 15) is 23.4 Å². The zero-order valence-corrected chi connectivity index (χ0v) is 35.7. The van der Waals surface area contributed by atoms with Crippen molar-refractivity contribution in [2.24, 2.45) is 22.1 Å². The fraction of sp³-hybridized carbons (Fsp3) is 0.581. The second-order valence-corrected chi connectivity index (χ2v) is 16.2. The monoisotopic (exact) mass is 796 g/mol. The van der Waals surface area contributed by atoms with E-state index in [4.69, 9.17) is 26.2 Å². The summed E-state index contributed by atoms with van der Waals surface area (Å²) in [6.45, 7) is 17.7. The van der Waals surface area contributed by atoms with Crippen LogP contribution in [0.15, 0.2) is 28.9 Å². The van der Waals surface area contributed by atoms with Gasteiger partial charge in [-0.1, -0.05) is 79.7 Å². The Morgan fingerprint density at radius 1 is 1.09 bits per heavy atom. The molecule has 0 aromatic carbocycles. The highest BCUT2D eigenvalue weighted by Crippen LogP contribution is 2.44. The molecule has 0 radical (unpaired) electrons. The van der Waals surface area contributed by atoms with Gasteiger partial charge in [0.15, 0.2) is 0 Å². The van der Waals surface area contributed by atoms with E-state index in [-0.39, 0.29) is 52.2 Å². The Labute approximate surface area is 337 Å². The van der Waals surface area contributed by atoms with Crippen molar-refractivity contribution < 1.29 is 22.7 Å². The molecule has 11 nitrogen and oxygen atoms in total. The Kier molecular flexibility index (Phi) is 16.9. The highest BCUT2D eigenvalue weighted by Gasteiger charge is 2.40. The van der Waals surface area contributed by atoms with E-state index in [0.29, 0.717) is 54.5 Å². The van der Waals surface area contributed by atoms with Crippen LogP contribution in [0.1, 0.15) is 128 Å². The van der Waals surface area contributed by atoms with Crippen molar-refractivity contribution in [3.63, 3.8) is 0 Å². The molecule has 1 amide bonds. The maximum absolute atomic E-state index is 14.5. The van der Waals surface area contributed by atoms with Crippen LogP contribution in [0.25, 0.3) is 17.2 Å². The summed E-state index contributed by atoms with van der Waals surface area (Å²) >= 11 is 0. The summed E-state index contributed by atoms with van der Waals surface area (Å²) in [5, 5.41) is 9.27. The van der Waals surface area contributed by atoms with Gasteiger partial charge in [0.25, 0.3) is 5.91 Å². The van der Waals surface area contributed by atoms with Crippen LogP contribution in [0.5, 0.6) is 6.01 Å². The largest absolute Gasteiger partial charge is 0.463 e. The summed E-state index contributed by atoms with van der Waals surface area (Å²) in [6, 6.07) is 1.25. The maximum atomic E-state index is 14.5. The Morgan fingerprint density at radius 2 is 1.74 bits per heavy atom. The molecule has 3 heterocycles. The van der Waals surface area contributed by atoms with Gasteiger partial charge in [-0.2, -0.15) is 23.1 Å².